The third kappa shape index (κ3) is 19.3. The summed E-state index contributed by atoms with van der Waals surface area (Å²) in [6, 6.07) is 10.2. The van der Waals surface area contributed by atoms with Crippen molar-refractivity contribution in [2.75, 3.05) is 79.5 Å². The number of nitrogens with zero attached hydrogens (tertiary/aromatic N) is 7. The second-order valence-electron chi connectivity index (χ2n) is 14.3. The maximum Gasteiger partial charge on any atom is 0.524 e. The number of ether oxygens (including phenoxy) is 4. The minimum Gasteiger partial charge on any atom is -0.490 e. The largest absolute Gasteiger partial charge is 0.524 e. The van der Waals surface area contributed by atoms with E-state index in [0.29, 0.717) is 77.1 Å². The van der Waals surface area contributed by atoms with Crippen LogP contribution in [-0.4, -0.2) is 147 Å². The molecule has 23 heteroatoms. The molecule has 3 aromatic heterocycles. The molecule has 2 unspecified atom stereocenters. The van der Waals surface area contributed by atoms with Crippen LogP contribution in [0, 0.1) is 23.7 Å². The van der Waals surface area contributed by atoms with Crippen LogP contribution in [0.5, 0.6) is 11.5 Å². The van der Waals surface area contributed by atoms with Crippen LogP contribution in [0.15, 0.2) is 48.8 Å². The fourth-order valence-corrected chi connectivity index (χ4v) is 7.85. The first-order valence-corrected chi connectivity index (χ1v) is 23.8. The van der Waals surface area contributed by atoms with E-state index >= 15 is 0 Å². The van der Waals surface area contributed by atoms with E-state index in [1.54, 1.807) is 76.9 Å². The number of carboxylic acid groups (broad SMARTS) is 3. The minimum atomic E-state index is -2.14. The molecular formula is C44H55N7O14P2+2. The van der Waals surface area contributed by atoms with Gasteiger partial charge in [-0.05, 0) is 60.1 Å². The number of methoxy groups -OCH3 is 2. The number of carbonyl (C=O) groups is 3. The van der Waals surface area contributed by atoms with Gasteiger partial charge in [-0.3, -0.25) is 14.4 Å². The number of hydrogen-bond donors (Lipinski definition) is 3. The van der Waals surface area contributed by atoms with Gasteiger partial charge in [-0.15, -0.1) is 9.05 Å². The lowest BCUT2D eigenvalue weighted by atomic mass is 10.1. The summed E-state index contributed by atoms with van der Waals surface area (Å²) in [5, 5.41) is 37.4. The summed E-state index contributed by atoms with van der Waals surface area (Å²) in [5.74, 6) is 11.0. The summed E-state index contributed by atoms with van der Waals surface area (Å²) < 4.78 is 60.8. The quantitative estimate of drug-likeness (QED) is 0.0347. The second kappa shape index (κ2) is 28.8. The summed E-state index contributed by atoms with van der Waals surface area (Å²) in [6.45, 7) is 4.07. The van der Waals surface area contributed by atoms with Crippen molar-refractivity contribution in [3.8, 4) is 46.8 Å². The average molecular weight is 968 g/mol. The fourth-order valence-electron chi connectivity index (χ4n) is 6.06. The van der Waals surface area contributed by atoms with Gasteiger partial charge in [0.15, 0.2) is 11.6 Å². The van der Waals surface area contributed by atoms with Gasteiger partial charge in [0.2, 0.25) is 12.6 Å². The number of carboxylic acids is 3. The highest BCUT2D eigenvalue weighted by molar-refractivity contribution is 7.39. The standard InChI is InChI=1S/C44H53N7O14P2/c1-5-64-66(58)31-48(29-43(54)55)27-36-15-17-50(46-36)40-23-33(24-41(45-40)51-18-16-37(47-51)28-49(30-44(56)57)32-67(59)65-6-2)13-14-35-26-38(62-21-19-60-3)34(25-39(35)63-22-20-61-4)11-9-7-8-10-12-42(52)53/h15-18,23-26H,5-8,10,12,19-22,27-32H2,1-4H3,(H-2,52,53,54,55,56,57)/p+2. The van der Waals surface area contributed by atoms with Crippen LogP contribution in [0.3, 0.4) is 0 Å². The van der Waals surface area contributed by atoms with E-state index in [1.165, 1.54) is 19.2 Å². The first-order chi connectivity index (χ1) is 32.3. The molecule has 2 atom stereocenters. The number of unbranched alkanes of at least 4 members (excludes halogenated alkanes) is 2. The number of pyridine rings is 1. The Kier molecular flexibility index (Phi) is 23.0. The maximum absolute atomic E-state index is 12.4. The summed E-state index contributed by atoms with van der Waals surface area (Å²) in [4.78, 5) is 42.0. The van der Waals surface area contributed by atoms with Crippen molar-refractivity contribution >= 4 is 34.0 Å². The molecule has 0 amide bonds. The molecule has 0 radical (unpaired) electrons. The van der Waals surface area contributed by atoms with Crippen LogP contribution in [0.2, 0.25) is 0 Å². The molecule has 4 aromatic rings. The van der Waals surface area contributed by atoms with Crippen molar-refractivity contribution in [2.45, 2.75) is 52.6 Å². The fraction of sp³-hybridized carbons (Fsp3) is 0.455. The van der Waals surface area contributed by atoms with Crippen molar-refractivity contribution < 1.29 is 66.8 Å². The lowest BCUT2D eigenvalue weighted by Crippen LogP contribution is -2.29. The van der Waals surface area contributed by atoms with E-state index in [2.05, 4.69) is 33.9 Å². The van der Waals surface area contributed by atoms with Gasteiger partial charge in [0.1, 0.15) is 37.8 Å². The van der Waals surface area contributed by atoms with Gasteiger partial charge in [0.05, 0.1) is 48.9 Å². The van der Waals surface area contributed by atoms with E-state index < -0.39 is 47.1 Å². The van der Waals surface area contributed by atoms with Gasteiger partial charge in [-0.2, -0.15) is 10.2 Å². The van der Waals surface area contributed by atoms with Gasteiger partial charge in [0, 0.05) is 70.2 Å². The number of aromatic nitrogens is 5. The van der Waals surface area contributed by atoms with Gasteiger partial charge < -0.3 is 34.3 Å². The summed E-state index contributed by atoms with van der Waals surface area (Å²) in [6.07, 6.45) is 4.66. The molecule has 3 N–H and O–H groups in total. The highest BCUT2D eigenvalue weighted by atomic mass is 31.1. The molecule has 358 valence electrons. The highest BCUT2D eigenvalue weighted by Gasteiger charge is 2.26. The van der Waals surface area contributed by atoms with Crippen LogP contribution in [0.4, 0.5) is 0 Å². The van der Waals surface area contributed by atoms with Crippen LogP contribution in [0.1, 0.15) is 67.6 Å². The third-order valence-corrected chi connectivity index (χ3v) is 11.3. The van der Waals surface area contributed by atoms with Crippen LogP contribution >= 0.6 is 16.1 Å². The maximum atomic E-state index is 12.4. The van der Waals surface area contributed by atoms with E-state index in [-0.39, 0.29) is 65.1 Å². The molecular weight excluding hydrogens is 912 g/mol. The Bertz CT molecular complexity index is 2340. The molecule has 1 aromatic carbocycles. The summed E-state index contributed by atoms with van der Waals surface area (Å²) in [5.41, 5.74) is 2.34. The molecule has 4 rings (SSSR count). The van der Waals surface area contributed by atoms with Crippen molar-refractivity contribution in [1.82, 2.24) is 34.3 Å². The minimum absolute atomic E-state index is 0.0374. The van der Waals surface area contributed by atoms with Crippen molar-refractivity contribution in [1.29, 1.82) is 0 Å². The molecule has 0 fully saturated rings. The third-order valence-electron chi connectivity index (χ3n) is 8.90. The zero-order valence-corrected chi connectivity index (χ0v) is 39.6. The van der Waals surface area contributed by atoms with Crippen LogP contribution in [0.25, 0.3) is 11.6 Å². The number of aliphatic carboxylic acids is 3. The number of rotatable bonds is 30. The molecule has 0 aliphatic rings. The second-order valence-corrected chi connectivity index (χ2v) is 16.7. The summed E-state index contributed by atoms with van der Waals surface area (Å²) in [7, 11) is -1.18. The normalized spacial score (nSPS) is 11.4. The molecule has 0 saturated carbocycles. The molecule has 0 aliphatic heterocycles. The molecule has 21 nitrogen and oxygen atoms in total. The van der Waals surface area contributed by atoms with Crippen molar-refractivity contribution in [3.05, 3.63) is 76.9 Å². The Hall–Kier alpha value is -6.12. The van der Waals surface area contributed by atoms with Gasteiger partial charge in [-0.1, -0.05) is 23.7 Å². The van der Waals surface area contributed by atoms with Gasteiger partial charge in [-0.25, -0.2) is 24.1 Å². The zero-order valence-electron chi connectivity index (χ0n) is 37.8. The number of benzene rings is 1. The molecule has 0 bridgehead atoms. The zero-order chi connectivity index (χ0) is 48.6. The van der Waals surface area contributed by atoms with E-state index in [9.17, 15) is 33.7 Å². The molecule has 0 saturated heterocycles. The first kappa shape index (κ1) is 53.5. The Balaban J connectivity index is 1.81. The van der Waals surface area contributed by atoms with Gasteiger partial charge >= 0.3 is 34.0 Å². The lowest BCUT2D eigenvalue weighted by Gasteiger charge is -2.13. The molecule has 0 aliphatic carbocycles. The smallest absolute Gasteiger partial charge is 0.490 e. The lowest BCUT2D eigenvalue weighted by molar-refractivity contribution is -0.139. The average Bonchev–Trinajstić information content (AvgIpc) is 3.94. The van der Waals surface area contributed by atoms with Crippen LogP contribution in [-0.2, 0) is 55.1 Å². The predicted octanol–water partition coefficient (Wildman–Crippen LogP) is 5.15. The van der Waals surface area contributed by atoms with Crippen molar-refractivity contribution in [2.24, 2.45) is 0 Å². The Labute approximate surface area is 390 Å². The molecule has 3 heterocycles. The Morgan fingerprint density at radius 2 is 1.16 bits per heavy atom. The topological polar surface area (TPSA) is 256 Å². The molecule has 67 heavy (non-hydrogen) atoms. The van der Waals surface area contributed by atoms with Crippen LogP contribution < -0.4 is 9.47 Å². The van der Waals surface area contributed by atoms with E-state index in [1.807, 2.05) is 0 Å². The molecule has 0 spiro atoms. The Morgan fingerprint density at radius 1 is 0.672 bits per heavy atom. The van der Waals surface area contributed by atoms with Gasteiger partial charge in [0.25, 0.3) is 0 Å². The monoisotopic (exact) mass is 967 g/mol. The number of hydrogen-bond acceptors (Lipinski definition) is 16. The van der Waals surface area contributed by atoms with E-state index in [0.717, 1.165) is 0 Å². The highest BCUT2D eigenvalue weighted by Crippen LogP contribution is 2.30. The van der Waals surface area contributed by atoms with Crippen molar-refractivity contribution in [3.63, 3.8) is 0 Å². The predicted molar refractivity (Wildman–Crippen MR) is 243 cm³/mol. The Morgan fingerprint density at radius 3 is 1.61 bits per heavy atom. The first-order valence-electron chi connectivity index (χ1n) is 21.1. The SMILES string of the molecule is CCO[P+](=O)CN(CC(=O)O)Cc1ccn(-c2cc(C#Cc3cc(OCCOC)c(C#CCCCCC(=O)O)cc3OCCOC)cc(-n3ccc(CN(CC(=O)O)C[P+](=O)OCC)n3)n2)n1. The van der Waals surface area contributed by atoms with E-state index in [4.69, 9.17) is 38.1 Å². The summed E-state index contributed by atoms with van der Waals surface area (Å²) >= 11 is 0.